The van der Waals surface area contributed by atoms with Gasteiger partial charge < -0.3 is 10.6 Å². The van der Waals surface area contributed by atoms with E-state index in [1.54, 1.807) is 12.1 Å². The van der Waals surface area contributed by atoms with Gasteiger partial charge in [-0.25, -0.2) is 12.7 Å². The van der Waals surface area contributed by atoms with Crippen LogP contribution in [0.2, 0.25) is 0 Å². The van der Waals surface area contributed by atoms with E-state index in [4.69, 9.17) is 5.73 Å². The highest BCUT2D eigenvalue weighted by molar-refractivity contribution is 7.89. The van der Waals surface area contributed by atoms with Gasteiger partial charge in [0.2, 0.25) is 10.0 Å². The van der Waals surface area contributed by atoms with Crippen molar-refractivity contribution < 1.29 is 8.42 Å². The van der Waals surface area contributed by atoms with Crippen LogP contribution in [-0.2, 0) is 10.0 Å². The maximum Gasteiger partial charge on any atom is 0.242 e. The molecule has 0 fully saturated rings. The van der Waals surface area contributed by atoms with E-state index in [0.717, 1.165) is 18.8 Å². The van der Waals surface area contributed by atoms with Crippen LogP contribution in [0.1, 0.15) is 13.8 Å². The first-order chi connectivity index (χ1) is 8.34. The highest BCUT2D eigenvalue weighted by atomic mass is 32.2. The molecule has 0 aliphatic rings. The Hall–Kier alpha value is -1.27. The number of nitrogen functional groups attached to an aromatic ring is 1. The molecule has 0 aromatic heterocycles. The molecular weight excluding hydrogens is 250 g/mol. The molecule has 0 heterocycles. The molecular formula is C12H21N3O2S. The maximum atomic E-state index is 12.1. The number of benzene rings is 1. The van der Waals surface area contributed by atoms with E-state index in [1.165, 1.54) is 24.5 Å². The minimum atomic E-state index is -3.42. The smallest absolute Gasteiger partial charge is 0.242 e. The van der Waals surface area contributed by atoms with Gasteiger partial charge in [-0.2, -0.15) is 0 Å². The first kappa shape index (κ1) is 14.8. The van der Waals surface area contributed by atoms with Gasteiger partial charge in [0.05, 0.1) is 16.3 Å². The molecule has 0 bridgehead atoms. The molecule has 0 amide bonds. The Balaban J connectivity index is 3.32. The summed E-state index contributed by atoms with van der Waals surface area (Å²) >= 11 is 0. The van der Waals surface area contributed by atoms with Crippen molar-refractivity contribution in [3.05, 3.63) is 18.2 Å². The second-order valence-corrected chi connectivity index (χ2v) is 6.33. The zero-order valence-electron chi connectivity index (χ0n) is 11.3. The molecule has 0 aliphatic carbocycles. The molecule has 0 saturated heterocycles. The molecule has 0 saturated carbocycles. The highest BCUT2D eigenvalue weighted by Gasteiger charge is 2.19. The van der Waals surface area contributed by atoms with Crippen LogP contribution < -0.4 is 10.6 Å². The third kappa shape index (κ3) is 2.76. The van der Waals surface area contributed by atoms with Crippen molar-refractivity contribution in [2.45, 2.75) is 18.7 Å². The number of nitrogens with zero attached hydrogens (tertiary/aromatic N) is 2. The molecule has 1 aromatic carbocycles. The van der Waals surface area contributed by atoms with Crippen molar-refractivity contribution >= 4 is 21.4 Å². The Bertz CT molecular complexity index is 508. The molecule has 102 valence electrons. The van der Waals surface area contributed by atoms with Gasteiger partial charge in [0.25, 0.3) is 0 Å². The standard InChI is InChI=1S/C12H21N3O2S/c1-5-15(6-2)12-9-10(7-8-11(12)13)18(16,17)14(3)4/h7-9H,5-6,13H2,1-4H3. The van der Waals surface area contributed by atoms with Crippen molar-refractivity contribution in [2.24, 2.45) is 0 Å². The number of anilines is 2. The van der Waals surface area contributed by atoms with Crippen molar-refractivity contribution in [3.63, 3.8) is 0 Å². The van der Waals surface area contributed by atoms with Crippen LogP contribution in [0.15, 0.2) is 23.1 Å². The van der Waals surface area contributed by atoms with E-state index in [1.807, 2.05) is 18.7 Å². The Kier molecular flexibility index (Phi) is 4.59. The molecule has 0 atom stereocenters. The molecule has 2 N–H and O–H groups in total. The molecule has 18 heavy (non-hydrogen) atoms. The summed E-state index contributed by atoms with van der Waals surface area (Å²) in [5.41, 5.74) is 7.27. The minimum Gasteiger partial charge on any atom is -0.397 e. The topological polar surface area (TPSA) is 66.6 Å². The van der Waals surface area contributed by atoms with Crippen LogP contribution in [-0.4, -0.2) is 39.9 Å². The van der Waals surface area contributed by atoms with E-state index in [2.05, 4.69) is 0 Å². The lowest BCUT2D eigenvalue weighted by atomic mass is 10.2. The van der Waals surface area contributed by atoms with Crippen LogP contribution in [0.4, 0.5) is 11.4 Å². The fourth-order valence-electron chi connectivity index (χ4n) is 1.73. The zero-order valence-corrected chi connectivity index (χ0v) is 12.2. The SMILES string of the molecule is CCN(CC)c1cc(S(=O)(=O)N(C)C)ccc1N. The van der Waals surface area contributed by atoms with Crippen molar-refractivity contribution in [3.8, 4) is 0 Å². The van der Waals surface area contributed by atoms with Crippen molar-refractivity contribution in [1.29, 1.82) is 0 Å². The average Bonchev–Trinajstić information content (AvgIpc) is 2.32. The predicted octanol–water partition coefficient (Wildman–Crippen LogP) is 1.37. The number of sulfonamides is 1. The number of hydrogen-bond acceptors (Lipinski definition) is 4. The molecule has 0 spiro atoms. The van der Waals surface area contributed by atoms with Gasteiger partial charge in [0, 0.05) is 27.2 Å². The normalized spacial score (nSPS) is 11.8. The van der Waals surface area contributed by atoms with E-state index in [-0.39, 0.29) is 4.90 Å². The van der Waals surface area contributed by atoms with Gasteiger partial charge in [-0.1, -0.05) is 0 Å². The Labute approximate surface area is 109 Å². The fraction of sp³-hybridized carbons (Fsp3) is 0.500. The van der Waals surface area contributed by atoms with Gasteiger partial charge in [-0.15, -0.1) is 0 Å². The van der Waals surface area contributed by atoms with Gasteiger partial charge in [-0.3, -0.25) is 0 Å². The van der Waals surface area contributed by atoms with Gasteiger partial charge in [0.15, 0.2) is 0 Å². The largest absolute Gasteiger partial charge is 0.397 e. The monoisotopic (exact) mass is 271 g/mol. The van der Waals surface area contributed by atoms with Crippen LogP contribution in [0, 0.1) is 0 Å². The molecule has 0 aliphatic heterocycles. The Morgan fingerprint density at radius 1 is 1.17 bits per heavy atom. The lowest BCUT2D eigenvalue weighted by Crippen LogP contribution is -2.25. The third-order valence-corrected chi connectivity index (χ3v) is 4.70. The fourth-order valence-corrected chi connectivity index (χ4v) is 2.66. The van der Waals surface area contributed by atoms with E-state index in [0.29, 0.717) is 5.69 Å². The molecule has 5 nitrogen and oxygen atoms in total. The highest BCUT2D eigenvalue weighted by Crippen LogP contribution is 2.27. The number of rotatable bonds is 5. The van der Waals surface area contributed by atoms with Crippen LogP contribution in [0.3, 0.4) is 0 Å². The summed E-state index contributed by atoms with van der Waals surface area (Å²) in [5.74, 6) is 0. The van der Waals surface area contributed by atoms with Crippen molar-refractivity contribution in [1.82, 2.24) is 4.31 Å². The quantitative estimate of drug-likeness (QED) is 0.821. The summed E-state index contributed by atoms with van der Waals surface area (Å²) in [6.07, 6.45) is 0. The second kappa shape index (κ2) is 5.58. The summed E-state index contributed by atoms with van der Waals surface area (Å²) < 4.78 is 25.3. The molecule has 1 aromatic rings. The summed E-state index contributed by atoms with van der Waals surface area (Å²) in [7, 11) is -0.382. The summed E-state index contributed by atoms with van der Waals surface area (Å²) in [6, 6.07) is 4.82. The summed E-state index contributed by atoms with van der Waals surface area (Å²) in [4.78, 5) is 2.30. The first-order valence-electron chi connectivity index (χ1n) is 5.91. The molecule has 0 radical (unpaired) electrons. The first-order valence-corrected chi connectivity index (χ1v) is 7.35. The van der Waals surface area contributed by atoms with Gasteiger partial charge >= 0.3 is 0 Å². The summed E-state index contributed by atoms with van der Waals surface area (Å²) in [5, 5.41) is 0. The summed E-state index contributed by atoms with van der Waals surface area (Å²) in [6.45, 7) is 5.59. The van der Waals surface area contributed by atoms with Crippen LogP contribution >= 0.6 is 0 Å². The number of hydrogen-bond donors (Lipinski definition) is 1. The Morgan fingerprint density at radius 3 is 2.17 bits per heavy atom. The van der Waals surface area contributed by atoms with E-state index < -0.39 is 10.0 Å². The van der Waals surface area contributed by atoms with Gasteiger partial charge in [-0.05, 0) is 32.0 Å². The molecule has 0 unspecified atom stereocenters. The zero-order chi connectivity index (χ0) is 13.9. The lowest BCUT2D eigenvalue weighted by molar-refractivity contribution is 0.521. The van der Waals surface area contributed by atoms with Crippen LogP contribution in [0.5, 0.6) is 0 Å². The predicted molar refractivity (Wildman–Crippen MR) is 75.3 cm³/mol. The number of nitrogens with two attached hydrogens (primary N) is 1. The van der Waals surface area contributed by atoms with Crippen LogP contribution in [0.25, 0.3) is 0 Å². The van der Waals surface area contributed by atoms with E-state index >= 15 is 0 Å². The molecule has 1 rings (SSSR count). The average molecular weight is 271 g/mol. The minimum absolute atomic E-state index is 0.267. The van der Waals surface area contributed by atoms with Crippen molar-refractivity contribution in [2.75, 3.05) is 37.8 Å². The Morgan fingerprint density at radius 2 is 1.72 bits per heavy atom. The van der Waals surface area contributed by atoms with E-state index in [9.17, 15) is 8.42 Å². The second-order valence-electron chi connectivity index (χ2n) is 4.18. The third-order valence-electron chi connectivity index (χ3n) is 2.88. The molecule has 6 heteroatoms. The van der Waals surface area contributed by atoms with Gasteiger partial charge in [0.1, 0.15) is 0 Å². The lowest BCUT2D eigenvalue weighted by Gasteiger charge is -2.23. The maximum absolute atomic E-state index is 12.1.